The number of anilines is 1. The Morgan fingerprint density at radius 1 is 1.48 bits per heavy atom. The number of carbonyl (C=O) groups excluding carboxylic acids is 1. The van der Waals surface area contributed by atoms with Gasteiger partial charge in [-0.1, -0.05) is 16.8 Å². The van der Waals surface area contributed by atoms with Gasteiger partial charge in [0.25, 0.3) is 5.91 Å². The fourth-order valence-corrected chi connectivity index (χ4v) is 2.43. The van der Waals surface area contributed by atoms with Crippen LogP contribution in [0.25, 0.3) is 16.6 Å². The molecule has 2 aromatic heterocycles. The summed E-state index contributed by atoms with van der Waals surface area (Å²) in [7, 11) is 1.61. The van der Waals surface area contributed by atoms with Gasteiger partial charge in [-0.3, -0.25) is 4.79 Å². The summed E-state index contributed by atoms with van der Waals surface area (Å²) in [6.45, 7) is 1.05. The first-order valence-electron chi connectivity index (χ1n) is 6.99. The van der Waals surface area contributed by atoms with E-state index < -0.39 is 0 Å². The van der Waals surface area contributed by atoms with Crippen LogP contribution in [0.15, 0.2) is 18.2 Å². The highest BCUT2D eigenvalue weighted by molar-refractivity contribution is 6.31. The Morgan fingerprint density at radius 3 is 3.09 bits per heavy atom. The number of halogens is 1. The van der Waals surface area contributed by atoms with Crippen molar-refractivity contribution in [1.29, 1.82) is 0 Å². The number of ether oxygens (including phenoxy) is 1. The summed E-state index contributed by atoms with van der Waals surface area (Å²) in [6.07, 6.45) is 0.707. The molecule has 0 spiro atoms. The van der Waals surface area contributed by atoms with Crippen molar-refractivity contribution in [2.45, 2.75) is 6.42 Å². The maximum absolute atomic E-state index is 12.2. The smallest absolute Gasteiger partial charge is 0.275 e. The van der Waals surface area contributed by atoms with Crippen LogP contribution in [0.2, 0.25) is 5.02 Å². The number of aromatic nitrogens is 4. The van der Waals surface area contributed by atoms with Crippen molar-refractivity contribution in [2.75, 3.05) is 26.0 Å². The summed E-state index contributed by atoms with van der Waals surface area (Å²) in [5.74, 6) is -0.0814. The number of amides is 1. The Labute approximate surface area is 136 Å². The molecule has 3 rings (SSSR count). The number of carbonyl (C=O) groups is 1. The molecule has 0 bridgehead atoms. The molecular formula is C14H15ClN6O2. The van der Waals surface area contributed by atoms with E-state index >= 15 is 0 Å². The third kappa shape index (κ3) is 2.90. The normalized spacial score (nSPS) is 11.2. The van der Waals surface area contributed by atoms with Crippen LogP contribution in [-0.2, 0) is 4.74 Å². The zero-order chi connectivity index (χ0) is 16.4. The first-order chi connectivity index (χ1) is 11.1. The number of hydrogen-bond acceptors (Lipinski definition) is 6. The summed E-state index contributed by atoms with van der Waals surface area (Å²) in [4.78, 5) is 16.5. The van der Waals surface area contributed by atoms with Crippen LogP contribution in [0, 0.1) is 0 Å². The molecule has 120 valence electrons. The van der Waals surface area contributed by atoms with Gasteiger partial charge < -0.3 is 15.8 Å². The molecule has 0 aliphatic heterocycles. The minimum atomic E-state index is -0.351. The summed E-state index contributed by atoms with van der Waals surface area (Å²) < 4.78 is 6.41. The molecule has 0 atom stereocenters. The highest BCUT2D eigenvalue weighted by atomic mass is 35.5. The van der Waals surface area contributed by atoms with E-state index in [4.69, 9.17) is 22.1 Å². The first kappa shape index (κ1) is 15.4. The Morgan fingerprint density at radius 2 is 2.30 bits per heavy atom. The van der Waals surface area contributed by atoms with Gasteiger partial charge >= 0.3 is 0 Å². The molecule has 0 saturated heterocycles. The number of nitrogens with one attached hydrogen (secondary N) is 1. The van der Waals surface area contributed by atoms with E-state index in [0.717, 1.165) is 0 Å². The van der Waals surface area contributed by atoms with Crippen LogP contribution >= 0.6 is 11.6 Å². The lowest BCUT2D eigenvalue weighted by atomic mass is 10.2. The predicted octanol–water partition coefficient (Wildman–Crippen LogP) is 1.28. The van der Waals surface area contributed by atoms with E-state index in [1.807, 2.05) is 0 Å². The molecular weight excluding hydrogens is 320 g/mol. The van der Waals surface area contributed by atoms with Gasteiger partial charge in [-0.05, 0) is 24.6 Å². The molecule has 3 aromatic rings. The quantitative estimate of drug-likeness (QED) is 0.680. The lowest BCUT2D eigenvalue weighted by Gasteiger charge is -2.05. The average molecular weight is 335 g/mol. The molecule has 9 heteroatoms. The number of nitrogens with two attached hydrogens (primary N) is 1. The Kier molecular flexibility index (Phi) is 4.26. The van der Waals surface area contributed by atoms with Gasteiger partial charge in [-0.2, -0.15) is 4.52 Å². The summed E-state index contributed by atoms with van der Waals surface area (Å²) in [5.41, 5.74) is 7.09. The first-order valence-corrected chi connectivity index (χ1v) is 7.37. The topological polar surface area (TPSA) is 107 Å². The second-order valence-corrected chi connectivity index (χ2v) is 5.37. The second kappa shape index (κ2) is 6.35. The van der Waals surface area contributed by atoms with E-state index in [9.17, 15) is 4.79 Å². The molecule has 0 aliphatic rings. The molecule has 23 heavy (non-hydrogen) atoms. The second-order valence-electron chi connectivity index (χ2n) is 4.93. The molecule has 8 nitrogen and oxygen atoms in total. The van der Waals surface area contributed by atoms with Crippen LogP contribution in [0.4, 0.5) is 5.82 Å². The molecule has 0 aliphatic carbocycles. The van der Waals surface area contributed by atoms with Gasteiger partial charge in [-0.25, -0.2) is 4.98 Å². The SMILES string of the molecule is COCCCNC(=O)c1nnn2c1nc(N)c1cc(Cl)ccc12. The minimum absolute atomic E-state index is 0.131. The molecule has 3 N–H and O–H groups in total. The van der Waals surface area contributed by atoms with Gasteiger partial charge in [0.1, 0.15) is 5.82 Å². The minimum Gasteiger partial charge on any atom is -0.385 e. The summed E-state index contributed by atoms with van der Waals surface area (Å²) in [5, 5.41) is 11.9. The largest absolute Gasteiger partial charge is 0.385 e. The number of methoxy groups -OCH3 is 1. The number of benzene rings is 1. The van der Waals surface area contributed by atoms with E-state index in [0.29, 0.717) is 41.1 Å². The number of nitrogens with zero attached hydrogens (tertiary/aromatic N) is 4. The lowest BCUT2D eigenvalue weighted by Crippen LogP contribution is -2.26. The molecule has 0 unspecified atom stereocenters. The number of nitrogen functional groups attached to an aromatic ring is 1. The van der Waals surface area contributed by atoms with Crippen molar-refractivity contribution in [2.24, 2.45) is 0 Å². The van der Waals surface area contributed by atoms with E-state index in [1.165, 1.54) is 4.52 Å². The number of rotatable bonds is 5. The molecule has 1 aromatic carbocycles. The van der Waals surface area contributed by atoms with Crippen molar-refractivity contribution in [3.8, 4) is 0 Å². The Balaban J connectivity index is 1.99. The maximum atomic E-state index is 12.2. The van der Waals surface area contributed by atoms with Gasteiger partial charge in [0.2, 0.25) is 0 Å². The molecule has 0 radical (unpaired) electrons. The highest BCUT2D eigenvalue weighted by Gasteiger charge is 2.18. The average Bonchev–Trinajstić information content (AvgIpc) is 2.95. The van der Waals surface area contributed by atoms with Gasteiger partial charge in [0, 0.05) is 30.7 Å². The fraction of sp³-hybridized carbons (Fsp3) is 0.286. The summed E-state index contributed by atoms with van der Waals surface area (Å²) >= 11 is 5.98. The van der Waals surface area contributed by atoms with Crippen LogP contribution < -0.4 is 11.1 Å². The van der Waals surface area contributed by atoms with Crippen LogP contribution in [0.3, 0.4) is 0 Å². The molecule has 0 fully saturated rings. The fourth-order valence-electron chi connectivity index (χ4n) is 2.26. The third-order valence-corrected chi connectivity index (χ3v) is 3.60. The zero-order valence-corrected chi connectivity index (χ0v) is 13.2. The zero-order valence-electron chi connectivity index (χ0n) is 12.4. The molecule has 1 amide bonds. The standard InChI is InChI=1S/C14H15ClN6O2/c1-23-6-2-5-17-14(22)11-13-18-12(16)9-7-8(15)3-4-10(9)21(13)20-19-11/h3-4,7H,2,5-6H2,1H3,(H2,16,18)(H,17,22). The van der Waals surface area contributed by atoms with Crippen molar-refractivity contribution in [1.82, 2.24) is 25.1 Å². The van der Waals surface area contributed by atoms with Crippen molar-refractivity contribution in [3.05, 3.63) is 28.9 Å². The monoisotopic (exact) mass is 334 g/mol. The van der Waals surface area contributed by atoms with Crippen LogP contribution in [0.1, 0.15) is 16.9 Å². The molecule has 0 saturated carbocycles. The molecule has 2 heterocycles. The summed E-state index contributed by atoms with van der Waals surface area (Å²) in [6, 6.07) is 5.18. The van der Waals surface area contributed by atoms with E-state index in [1.54, 1.807) is 25.3 Å². The third-order valence-electron chi connectivity index (χ3n) is 3.36. The van der Waals surface area contributed by atoms with Crippen molar-refractivity contribution in [3.63, 3.8) is 0 Å². The van der Waals surface area contributed by atoms with Gasteiger partial charge in [-0.15, -0.1) is 5.10 Å². The van der Waals surface area contributed by atoms with Gasteiger partial charge in [0.15, 0.2) is 11.3 Å². The predicted molar refractivity (Wildman–Crippen MR) is 86.5 cm³/mol. The van der Waals surface area contributed by atoms with E-state index in [2.05, 4.69) is 20.6 Å². The number of hydrogen-bond donors (Lipinski definition) is 2. The van der Waals surface area contributed by atoms with E-state index in [-0.39, 0.29) is 17.4 Å². The lowest BCUT2D eigenvalue weighted by molar-refractivity contribution is 0.0945. The highest BCUT2D eigenvalue weighted by Crippen LogP contribution is 2.24. The van der Waals surface area contributed by atoms with Crippen molar-refractivity contribution >= 4 is 39.9 Å². The van der Waals surface area contributed by atoms with Crippen LogP contribution in [0.5, 0.6) is 0 Å². The maximum Gasteiger partial charge on any atom is 0.275 e. The Bertz CT molecular complexity index is 878. The number of fused-ring (bicyclic) bond motifs is 3. The van der Waals surface area contributed by atoms with Crippen LogP contribution in [-0.4, -0.2) is 46.0 Å². The van der Waals surface area contributed by atoms with Crippen molar-refractivity contribution < 1.29 is 9.53 Å². The van der Waals surface area contributed by atoms with Gasteiger partial charge in [0.05, 0.1) is 5.52 Å². The Hall–Kier alpha value is -2.45.